The van der Waals surface area contributed by atoms with Gasteiger partial charge in [0.1, 0.15) is 0 Å². The van der Waals surface area contributed by atoms with Crippen molar-refractivity contribution in [2.45, 2.75) is 39.5 Å². The minimum atomic E-state index is 0. The summed E-state index contributed by atoms with van der Waals surface area (Å²) in [5.41, 5.74) is 0. The van der Waals surface area contributed by atoms with Crippen LogP contribution in [-0.4, -0.2) is 0 Å². The third-order valence-corrected chi connectivity index (χ3v) is 1.54. The van der Waals surface area contributed by atoms with Gasteiger partial charge >= 0.3 is 51.4 Å². The summed E-state index contributed by atoms with van der Waals surface area (Å²) in [7, 11) is 0. The van der Waals surface area contributed by atoms with E-state index in [1.807, 2.05) is 0 Å². The summed E-state index contributed by atoms with van der Waals surface area (Å²) in [5, 5.41) is 0. The first kappa shape index (κ1) is 13.2. The molecule has 0 aromatic carbocycles. The molecule has 0 heterocycles. The zero-order valence-electron chi connectivity index (χ0n) is 7.11. The Labute approximate surface area is 102 Å². The standard InChI is InChI=1S/C8H17.K/c1-4-6-7-8(3)5-2;/h8H,3-7H2,1-2H3;/q-1;+1. The molecule has 0 aliphatic rings. The summed E-state index contributed by atoms with van der Waals surface area (Å²) in [6.07, 6.45) is 5.21. The number of rotatable bonds is 4. The van der Waals surface area contributed by atoms with E-state index in [4.69, 9.17) is 0 Å². The van der Waals surface area contributed by atoms with Crippen LogP contribution >= 0.6 is 0 Å². The molecule has 50 valence electrons. The Morgan fingerprint density at radius 3 is 2.22 bits per heavy atom. The van der Waals surface area contributed by atoms with Crippen LogP contribution in [0.4, 0.5) is 0 Å². The van der Waals surface area contributed by atoms with Gasteiger partial charge in [0.25, 0.3) is 0 Å². The zero-order chi connectivity index (χ0) is 6.41. The largest absolute Gasteiger partial charge is 1.00 e. The van der Waals surface area contributed by atoms with E-state index in [2.05, 4.69) is 20.8 Å². The van der Waals surface area contributed by atoms with Crippen LogP contribution in [0.2, 0.25) is 0 Å². The Hall–Kier alpha value is 1.64. The first-order valence-corrected chi connectivity index (χ1v) is 3.64. The molecule has 1 atom stereocenters. The van der Waals surface area contributed by atoms with Gasteiger partial charge in [0.05, 0.1) is 0 Å². The van der Waals surface area contributed by atoms with Crippen molar-refractivity contribution >= 4 is 0 Å². The Balaban J connectivity index is 0. The Bertz CT molecular complexity index is 43.8. The molecule has 1 unspecified atom stereocenters. The third-order valence-electron chi connectivity index (χ3n) is 1.54. The number of hydrogen-bond donors (Lipinski definition) is 0. The van der Waals surface area contributed by atoms with E-state index >= 15 is 0 Å². The number of unbranched alkanes of at least 4 members (excludes halogenated alkanes) is 1. The van der Waals surface area contributed by atoms with E-state index in [0.717, 1.165) is 0 Å². The molecule has 0 bridgehead atoms. The van der Waals surface area contributed by atoms with E-state index in [9.17, 15) is 0 Å². The van der Waals surface area contributed by atoms with E-state index in [0.29, 0.717) is 5.92 Å². The zero-order valence-corrected chi connectivity index (χ0v) is 10.2. The molecule has 0 rings (SSSR count). The van der Waals surface area contributed by atoms with Crippen LogP contribution in [0.15, 0.2) is 0 Å². The van der Waals surface area contributed by atoms with Crippen molar-refractivity contribution in [3.8, 4) is 0 Å². The van der Waals surface area contributed by atoms with Gasteiger partial charge in [-0.25, -0.2) is 0 Å². The molecular weight excluding hydrogens is 135 g/mol. The minimum Gasteiger partial charge on any atom is -0.340 e. The van der Waals surface area contributed by atoms with Crippen LogP contribution in [0.3, 0.4) is 0 Å². The molecule has 0 aliphatic carbocycles. The first-order chi connectivity index (χ1) is 3.81. The average Bonchev–Trinajstić information content (AvgIpc) is 1.83. The molecule has 0 aromatic heterocycles. The van der Waals surface area contributed by atoms with Gasteiger partial charge in [-0.2, -0.15) is 5.92 Å². The van der Waals surface area contributed by atoms with Gasteiger partial charge in [0.15, 0.2) is 0 Å². The van der Waals surface area contributed by atoms with Crippen LogP contribution in [0.25, 0.3) is 0 Å². The fraction of sp³-hybridized carbons (Fsp3) is 0.875. The van der Waals surface area contributed by atoms with E-state index < -0.39 is 0 Å². The van der Waals surface area contributed by atoms with Gasteiger partial charge in [0, 0.05) is 0 Å². The third kappa shape index (κ3) is 9.64. The predicted octanol–water partition coefficient (Wildman–Crippen LogP) is 0.0409. The summed E-state index contributed by atoms with van der Waals surface area (Å²) in [4.78, 5) is 0. The van der Waals surface area contributed by atoms with E-state index in [1.165, 1.54) is 25.7 Å². The molecular formula is C8H17K. The molecule has 0 N–H and O–H groups in total. The van der Waals surface area contributed by atoms with Crippen molar-refractivity contribution < 1.29 is 51.4 Å². The number of hydrogen-bond acceptors (Lipinski definition) is 0. The topological polar surface area (TPSA) is 0 Å². The molecule has 1 heteroatoms. The molecule has 9 heavy (non-hydrogen) atoms. The second kappa shape index (κ2) is 9.64. The van der Waals surface area contributed by atoms with Crippen molar-refractivity contribution in [3.05, 3.63) is 6.92 Å². The van der Waals surface area contributed by atoms with Crippen LogP contribution in [0.1, 0.15) is 39.5 Å². The van der Waals surface area contributed by atoms with Crippen LogP contribution in [-0.2, 0) is 0 Å². The molecule has 0 aromatic rings. The Morgan fingerprint density at radius 1 is 1.33 bits per heavy atom. The van der Waals surface area contributed by atoms with Gasteiger partial charge in [-0.1, -0.05) is 39.5 Å². The Kier molecular flexibility index (Phi) is 14.2. The monoisotopic (exact) mass is 152 g/mol. The molecule has 0 amide bonds. The SMILES string of the molecule is [CH2-]C(CC)CCCC.[K+]. The maximum atomic E-state index is 3.99. The second-order valence-corrected chi connectivity index (χ2v) is 2.42. The quantitative estimate of drug-likeness (QED) is 0.394. The van der Waals surface area contributed by atoms with Crippen molar-refractivity contribution in [2.75, 3.05) is 0 Å². The molecule has 0 spiro atoms. The summed E-state index contributed by atoms with van der Waals surface area (Å²) in [6.45, 7) is 8.42. The fourth-order valence-corrected chi connectivity index (χ4v) is 0.697. The summed E-state index contributed by atoms with van der Waals surface area (Å²) in [5.74, 6) is 0.704. The summed E-state index contributed by atoms with van der Waals surface area (Å²) >= 11 is 0. The van der Waals surface area contributed by atoms with Gasteiger partial charge in [-0.05, 0) is 0 Å². The van der Waals surface area contributed by atoms with Crippen molar-refractivity contribution in [2.24, 2.45) is 5.92 Å². The van der Waals surface area contributed by atoms with Crippen LogP contribution < -0.4 is 51.4 Å². The Morgan fingerprint density at radius 2 is 1.89 bits per heavy atom. The van der Waals surface area contributed by atoms with Gasteiger partial charge in [-0.15, -0.1) is 0 Å². The average molecular weight is 152 g/mol. The molecule has 0 saturated carbocycles. The van der Waals surface area contributed by atoms with Gasteiger partial charge in [-0.3, -0.25) is 0 Å². The molecule has 0 radical (unpaired) electrons. The van der Waals surface area contributed by atoms with Crippen LogP contribution in [0, 0.1) is 12.8 Å². The maximum Gasteiger partial charge on any atom is 1.00 e. The molecule has 0 fully saturated rings. The fourth-order valence-electron chi connectivity index (χ4n) is 0.697. The van der Waals surface area contributed by atoms with Crippen molar-refractivity contribution in [1.29, 1.82) is 0 Å². The van der Waals surface area contributed by atoms with Gasteiger partial charge < -0.3 is 6.92 Å². The van der Waals surface area contributed by atoms with Crippen molar-refractivity contribution in [1.82, 2.24) is 0 Å². The summed E-state index contributed by atoms with van der Waals surface area (Å²) < 4.78 is 0. The van der Waals surface area contributed by atoms with Crippen LogP contribution in [0.5, 0.6) is 0 Å². The summed E-state index contributed by atoms with van der Waals surface area (Å²) in [6, 6.07) is 0. The minimum absolute atomic E-state index is 0. The van der Waals surface area contributed by atoms with Crippen molar-refractivity contribution in [3.63, 3.8) is 0 Å². The normalized spacial score (nSPS) is 12.3. The van der Waals surface area contributed by atoms with E-state index in [-0.39, 0.29) is 51.4 Å². The molecule has 0 nitrogen and oxygen atoms in total. The first-order valence-electron chi connectivity index (χ1n) is 3.64. The predicted molar refractivity (Wildman–Crippen MR) is 38.7 cm³/mol. The molecule has 0 aliphatic heterocycles. The maximum absolute atomic E-state index is 3.99. The smallest absolute Gasteiger partial charge is 0.340 e. The molecule has 0 saturated heterocycles. The second-order valence-electron chi connectivity index (χ2n) is 2.42. The van der Waals surface area contributed by atoms with Gasteiger partial charge in [0.2, 0.25) is 0 Å². The van der Waals surface area contributed by atoms with E-state index in [1.54, 1.807) is 0 Å².